The lowest BCUT2D eigenvalue weighted by atomic mass is 9.76. The molecular weight excluding hydrogens is 213 g/mol. The standard InChI is InChI=1S/C15H22FN/c1-17-11-14-8-3-2-6-12(14)10-13-7-4-5-9-15(13)16/h4-5,7,9,12,14,17H,2-3,6,8,10-11H2,1H3. The molecule has 1 aromatic rings. The third kappa shape index (κ3) is 3.29. The molecule has 0 saturated heterocycles. The number of rotatable bonds is 4. The fourth-order valence-electron chi connectivity index (χ4n) is 3.03. The first kappa shape index (κ1) is 12.6. The minimum Gasteiger partial charge on any atom is -0.319 e. The molecule has 94 valence electrons. The Bertz CT molecular complexity index is 349. The summed E-state index contributed by atoms with van der Waals surface area (Å²) in [5.41, 5.74) is 0.889. The van der Waals surface area contributed by atoms with Crippen LogP contribution in [0.15, 0.2) is 24.3 Å². The van der Waals surface area contributed by atoms with Gasteiger partial charge in [-0.3, -0.25) is 0 Å². The first-order valence-electron chi connectivity index (χ1n) is 6.69. The predicted molar refractivity (Wildman–Crippen MR) is 69.5 cm³/mol. The fourth-order valence-corrected chi connectivity index (χ4v) is 3.03. The van der Waals surface area contributed by atoms with E-state index in [1.54, 1.807) is 12.1 Å². The fraction of sp³-hybridized carbons (Fsp3) is 0.600. The van der Waals surface area contributed by atoms with Crippen molar-refractivity contribution in [3.63, 3.8) is 0 Å². The van der Waals surface area contributed by atoms with Gasteiger partial charge in [-0.25, -0.2) is 4.39 Å². The second-order valence-electron chi connectivity index (χ2n) is 5.16. The monoisotopic (exact) mass is 235 g/mol. The van der Waals surface area contributed by atoms with Crippen LogP contribution in [0.2, 0.25) is 0 Å². The molecule has 1 nitrogen and oxygen atoms in total. The van der Waals surface area contributed by atoms with Gasteiger partial charge in [-0.1, -0.05) is 31.0 Å². The predicted octanol–water partition coefficient (Wildman–Crippen LogP) is 3.39. The lowest BCUT2D eigenvalue weighted by molar-refractivity contribution is 0.230. The van der Waals surface area contributed by atoms with Crippen LogP contribution in [0.3, 0.4) is 0 Å². The number of halogens is 1. The van der Waals surface area contributed by atoms with E-state index in [0.717, 1.165) is 18.5 Å². The molecule has 0 heterocycles. The molecule has 2 heteroatoms. The highest BCUT2D eigenvalue weighted by atomic mass is 19.1. The molecule has 1 saturated carbocycles. The van der Waals surface area contributed by atoms with Gasteiger partial charge in [0.15, 0.2) is 0 Å². The van der Waals surface area contributed by atoms with Crippen LogP contribution in [0.4, 0.5) is 4.39 Å². The molecule has 2 atom stereocenters. The topological polar surface area (TPSA) is 12.0 Å². The molecule has 0 radical (unpaired) electrons. The van der Waals surface area contributed by atoms with Gasteiger partial charge in [0.25, 0.3) is 0 Å². The molecule has 1 fully saturated rings. The molecule has 1 N–H and O–H groups in total. The van der Waals surface area contributed by atoms with E-state index < -0.39 is 0 Å². The molecule has 0 amide bonds. The average molecular weight is 235 g/mol. The van der Waals surface area contributed by atoms with Gasteiger partial charge in [-0.15, -0.1) is 0 Å². The summed E-state index contributed by atoms with van der Waals surface area (Å²) in [4.78, 5) is 0. The van der Waals surface area contributed by atoms with Crippen LogP contribution >= 0.6 is 0 Å². The van der Waals surface area contributed by atoms with E-state index in [-0.39, 0.29) is 5.82 Å². The first-order valence-corrected chi connectivity index (χ1v) is 6.69. The molecule has 1 aromatic carbocycles. The van der Waals surface area contributed by atoms with Crippen molar-refractivity contribution in [1.29, 1.82) is 0 Å². The quantitative estimate of drug-likeness (QED) is 0.843. The maximum absolute atomic E-state index is 13.6. The van der Waals surface area contributed by atoms with Crippen LogP contribution < -0.4 is 5.32 Å². The lowest BCUT2D eigenvalue weighted by Gasteiger charge is -2.31. The van der Waals surface area contributed by atoms with Crippen LogP contribution in [0.5, 0.6) is 0 Å². The van der Waals surface area contributed by atoms with Crippen molar-refractivity contribution in [3.8, 4) is 0 Å². The van der Waals surface area contributed by atoms with E-state index >= 15 is 0 Å². The van der Waals surface area contributed by atoms with Crippen LogP contribution in [0.25, 0.3) is 0 Å². The molecule has 0 bridgehead atoms. The van der Waals surface area contributed by atoms with Gasteiger partial charge < -0.3 is 5.32 Å². The highest BCUT2D eigenvalue weighted by molar-refractivity contribution is 5.18. The summed E-state index contributed by atoms with van der Waals surface area (Å²) < 4.78 is 13.6. The minimum absolute atomic E-state index is 0.0405. The molecule has 2 rings (SSSR count). The Morgan fingerprint density at radius 3 is 2.59 bits per heavy atom. The molecule has 2 unspecified atom stereocenters. The van der Waals surface area contributed by atoms with Crippen molar-refractivity contribution < 1.29 is 4.39 Å². The number of hydrogen-bond donors (Lipinski definition) is 1. The molecule has 0 spiro atoms. The number of hydrogen-bond acceptors (Lipinski definition) is 1. The highest BCUT2D eigenvalue weighted by Gasteiger charge is 2.25. The maximum atomic E-state index is 13.6. The van der Waals surface area contributed by atoms with Gasteiger partial charge in [0.1, 0.15) is 5.82 Å². The summed E-state index contributed by atoms with van der Waals surface area (Å²) in [5.74, 6) is 1.32. The van der Waals surface area contributed by atoms with Gasteiger partial charge >= 0.3 is 0 Å². The van der Waals surface area contributed by atoms with Crippen molar-refractivity contribution in [1.82, 2.24) is 5.32 Å². The second-order valence-corrected chi connectivity index (χ2v) is 5.16. The van der Waals surface area contributed by atoms with Crippen LogP contribution in [0.1, 0.15) is 31.2 Å². The summed E-state index contributed by atoms with van der Waals surface area (Å²) in [7, 11) is 2.01. The van der Waals surface area contributed by atoms with Crippen molar-refractivity contribution >= 4 is 0 Å². The Labute approximate surface area is 103 Å². The smallest absolute Gasteiger partial charge is 0.126 e. The first-order chi connectivity index (χ1) is 8.31. The van der Waals surface area contributed by atoms with Gasteiger partial charge in [0.05, 0.1) is 0 Å². The van der Waals surface area contributed by atoms with E-state index in [1.165, 1.54) is 25.7 Å². The zero-order valence-corrected chi connectivity index (χ0v) is 10.6. The Morgan fingerprint density at radius 1 is 1.18 bits per heavy atom. The third-order valence-electron chi connectivity index (χ3n) is 3.97. The number of nitrogens with one attached hydrogen (secondary N) is 1. The van der Waals surface area contributed by atoms with E-state index in [1.807, 2.05) is 19.2 Å². The molecule has 0 aromatic heterocycles. The highest BCUT2D eigenvalue weighted by Crippen LogP contribution is 2.32. The van der Waals surface area contributed by atoms with Crippen molar-refractivity contribution in [2.75, 3.05) is 13.6 Å². The summed E-state index contributed by atoms with van der Waals surface area (Å²) in [6, 6.07) is 7.21. The Kier molecular flexibility index (Phi) is 4.55. The van der Waals surface area contributed by atoms with Crippen molar-refractivity contribution in [3.05, 3.63) is 35.6 Å². The summed E-state index contributed by atoms with van der Waals surface area (Å²) in [5, 5.41) is 3.27. The van der Waals surface area contributed by atoms with Crippen LogP contribution in [0, 0.1) is 17.7 Å². The maximum Gasteiger partial charge on any atom is 0.126 e. The van der Waals surface area contributed by atoms with Crippen LogP contribution in [-0.2, 0) is 6.42 Å². The van der Waals surface area contributed by atoms with Gasteiger partial charge in [0, 0.05) is 0 Å². The van der Waals surface area contributed by atoms with Crippen LogP contribution in [-0.4, -0.2) is 13.6 Å². The average Bonchev–Trinajstić information content (AvgIpc) is 2.35. The second kappa shape index (κ2) is 6.15. The molecule has 1 aliphatic rings. The van der Waals surface area contributed by atoms with E-state index in [0.29, 0.717) is 11.8 Å². The van der Waals surface area contributed by atoms with Gasteiger partial charge in [-0.05, 0) is 56.3 Å². The minimum atomic E-state index is -0.0405. The van der Waals surface area contributed by atoms with Crippen molar-refractivity contribution in [2.45, 2.75) is 32.1 Å². The zero-order valence-electron chi connectivity index (χ0n) is 10.6. The van der Waals surface area contributed by atoms with E-state index in [2.05, 4.69) is 5.32 Å². The summed E-state index contributed by atoms with van der Waals surface area (Å²) >= 11 is 0. The normalized spacial score (nSPS) is 24.8. The zero-order chi connectivity index (χ0) is 12.1. The van der Waals surface area contributed by atoms with E-state index in [4.69, 9.17) is 0 Å². The van der Waals surface area contributed by atoms with Gasteiger partial charge in [0.2, 0.25) is 0 Å². The molecule has 1 aliphatic carbocycles. The van der Waals surface area contributed by atoms with Crippen molar-refractivity contribution in [2.24, 2.45) is 11.8 Å². The SMILES string of the molecule is CNCC1CCCCC1Cc1ccccc1F. The summed E-state index contributed by atoms with van der Waals surface area (Å²) in [6.45, 7) is 1.07. The molecule has 17 heavy (non-hydrogen) atoms. The summed E-state index contributed by atoms with van der Waals surface area (Å²) in [6.07, 6.45) is 6.08. The molecule has 0 aliphatic heterocycles. The lowest BCUT2D eigenvalue weighted by Crippen LogP contribution is -2.30. The Hall–Kier alpha value is -0.890. The van der Waals surface area contributed by atoms with E-state index in [9.17, 15) is 4.39 Å². The molecular formula is C15H22FN. The number of benzene rings is 1. The van der Waals surface area contributed by atoms with Gasteiger partial charge in [-0.2, -0.15) is 0 Å². The Morgan fingerprint density at radius 2 is 1.88 bits per heavy atom. The Balaban J connectivity index is 2.03. The third-order valence-corrected chi connectivity index (χ3v) is 3.97. The largest absolute Gasteiger partial charge is 0.319 e.